The number of carbonyl (C=O) groups is 1. The van der Waals surface area contributed by atoms with Crippen LogP contribution in [0.25, 0.3) is 6.08 Å². The normalized spacial score (nSPS) is 12.5. The summed E-state index contributed by atoms with van der Waals surface area (Å²) < 4.78 is 0. The van der Waals surface area contributed by atoms with Crippen molar-refractivity contribution in [3.05, 3.63) is 47.7 Å². The van der Waals surface area contributed by atoms with E-state index >= 15 is 0 Å². The van der Waals surface area contributed by atoms with Gasteiger partial charge in [-0.2, -0.15) is 0 Å². The first-order chi connectivity index (χ1) is 12.3. The van der Waals surface area contributed by atoms with Gasteiger partial charge in [-0.1, -0.05) is 69.2 Å². The maximum atomic E-state index is 10.4. The van der Waals surface area contributed by atoms with Gasteiger partial charge in [0.15, 0.2) is 0 Å². The molecule has 0 atom stereocenters. The SMILES string of the molecule is O=C(O)CCCCCCCCCCCc1cccc2c1C=CC=CN2. The average molecular weight is 341 g/mol. The predicted molar refractivity (Wildman–Crippen MR) is 106 cm³/mol. The molecule has 0 fully saturated rings. The number of benzene rings is 1. The van der Waals surface area contributed by atoms with Crippen LogP contribution in [-0.4, -0.2) is 11.1 Å². The number of allylic oxidation sites excluding steroid dienone is 2. The topological polar surface area (TPSA) is 49.3 Å². The Morgan fingerprint density at radius 2 is 1.56 bits per heavy atom. The van der Waals surface area contributed by atoms with Crippen molar-refractivity contribution in [1.29, 1.82) is 0 Å². The first-order valence-corrected chi connectivity index (χ1v) is 9.71. The molecule has 2 N–H and O–H groups in total. The van der Waals surface area contributed by atoms with Gasteiger partial charge < -0.3 is 10.4 Å². The van der Waals surface area contributed by atoms with E-state index in [1.807, 2.05) is 12.3 Å². The number of anilines is 1. The number of carboxylic acid groups (broad SMARTS) is 1. The van der Waals surface area contributed by atoms with Crippen molar-refractivity contribution in [2.24, 2.45) is 0 Å². The van der Waals surface area contributed by atoms with Crippen molar-refractivity contribution in [3.63, 3.8) is 0 Å². The molecule has 0 amide bonds. The third kappa shape index (κ3) is 7.59. The zero-order valence-corrected chi connectivity index (χ0v) is 15.2. The van der Waals surface area contributed by atoms with Crippen molar-refractivity contribution in [2.75, 3.05) is 5.32 Å². The number of aryl methyl sites for hydroxylation is 1. The molecule has 0 aliphatic carbocycles. The van der Waals surface area contributed by atoms with Crippen LogP contribution in [0.5, 0.6) is 0 Å². The van der Waals surface area contributed by atoms with Crippen LogP contribution in [0.2, 0.25) is 0 Å². The van der Waals surface area contributed by atoms with Crippen LogP contribution in [0.1, 0.15) is 75.3 Å². The number of hydrogen-bond acceptors (Lipinski definition) is 2. The third-order valence-corrected chi connectivity index (χ3v) is 4.74. The second-order valence-corrected chi connectivity index (χ2v) is 6.82. The Morgan fingerprint density at radius 3 is 2.28 bits per heavy atom. The minimum absolute atomic E-state index is 0.323. The fraction of sp³-hybridized carbons (Fsp3) is 0.500. The lowest BCUT2D eigenvalue weighted by Gasteiger charge is -2.11. The Hall–Kier alpha value is -2.03. The smallest absolute Gasteiger partial charge is 0.303 e. The molecule has 1 aromatic rings. The van der Waals surface area contributed by atoms with E-state index in [1.165, 1.54) is 61.8 Å². The van der Waals surface area contributed by atoms with Crippen molar-refractivity contribution < 1.29 is 9.90 Å². The molecule has 1 aliphatic heterocycles. The lowest BCUT2D eigenvalue weighted by atomic mass is 9.98. The molecular weight excluding hydrogens is 310 g/mol. The van der Waals surface area contributed by atoms with E-state index in [1.54, 1.807) is 0 Å². The van der Waals surface area contributed by atoms with Gasteiger partial charge in [0.2, 0.25) is 0 Å². The molecule has 1 aliphatic rings. The summed E-state index contributed by atoms with van der Waals surface area (Å²) in [6.07, 6.45) is 20.5. The molecule has 0 unspecified atom stereocenters. The monoisotopic (exact) mass is 341 g/mol. The fourth-order valence-electron chi connectivity index (χ4n) is 3.33. The highest BCUT2D eigenvalue weighted by molar-refractivity contribution is 5.72. The molecule has 0 bridgehead atoms. The number of nitrogens with one attached hydrogen (secondary N) is 1. The lowest BCUT2D eigenvalue weighted by Crippen LogP contribution is -1.95. The number of hydrogen-bond donors (Lipinski definition) is 2. The zero-order valence-electron chi connectivity index (χ0n) is 15.2. The van der Waals surface area contributed by atoms with Gasteiger partial charge in [-0.05, 0) is 37.0 Å². The number of aliphatic carboxylic acids is 1. The molecule has 25 heavy (non-hydrogen) atoms. The van der Waals surface area contributed by atoms with E-state index in [0.717, 1.165) is 19.3 Å². The second-order valence-electron chi connectivity index (χ2n) is 6.82. The van der Waals surface area contributed by atoms with Crippen LogP contribution in [0.4, 0.5) is 5.69 Å². The molecule has 0 saturated heterocycles. The van der Waals surface area contributed by atoms with Crippen molar-refractivity contribution in [1.82, 2.24) is 0 Å². The minimum atomic E-state index is -0.669. The van der Waals surface area contributed by atoms with Crippen LogP contribution in [0.3, 0.4) is 0 Å². The van der Waals surface area contributed by atoms with Gasteiger partial charge in [-0.3, -0.25) is 4.79 Å². The summed E-state index contributed by atoms with van der Waals surface area (Å²) in [5, 5.41) is 11.9. The van der Waals surface area contributed by atoms with E-state index in [2.05, 4.69) is 35.7 Å². The van der Waals surface area contributed by atoms with E-state index in [4.69, 9.17) is 5.11 Å². The van der Waals surface area contributed by atoms with Crippen LogP contribution in [0.15, 0.2) is 36.6 Å². The molecule has 0 radical (unpaired) electrons. The Morgan fingerprint density at radius 1 is 0.880 bits per heavy atom. The Kier molecular flexibility index (Phi) is 8.89. The molecule has 1 heterocycles. The molecular formula is C22H31NO2. The van der Waals surface area contributed by atoms with Crippen LogP contribution in [0, 0.1) is 0 Å². The number of carboxylic acids is 1. The summed E-state index contributed by atoms with van der Waals surface area (Å²) in [6.45, 7) is 0. The van der Waals surface area contributed by atoms with E-state index < -0.39 is 5.97 Å². The average Bonchev–Trinajstić information content (AvgIpc) is 2.85. The molecule has 2 rings (SSSR count). The predicted octanol–water partition coefficient (Wildman–Crippen LogP) is 6.17. The summed E-state index contributed by atoms with van der Waals surface area (Å²) in [4.78, 5) is 10.4. The Bertz CT molecular complexity index is 590. The molecule has 3 heteroatoms. The van der Waals surface area contributed by atoms with Crippen molar-refractivity contribution >= 4 is 17.7 Å². The summed E-state index contributed by atoms with van der Waals surface area (Å²) in [5.74, 6) is -0.669. The molecule has 0 spiro atoms. The van der Waals surface area contributed by atoms with Gasteiger partial charge in [0, 0.05) is 23.9 Å². The molecule has 0 aromatic heterocycles. The summed E-state index contributed by atoms with van der Waals surface area (Å²) in [5.41, 5.74) is 3.96. The number of fused-ring (bicyclic) bond motifs is 1. The fourth-order valence-corrected chi connectivity index (χ4v) is 3.33. The highest BCUT2D eigenvalue weighted by Gasteiger charge is 2.06. The highest BCUT2D eigenvalue weighted by atomic mass is 16.4. The van der Waals surface area contributed by atoms with E-state index in [0.29, 0.717) is 6.42 Å². The van der Waals surface area contributed by atoms with Gasteiger partial charge in [0.25, 0.3) is 0 Å². The van der Waals surface area contributed by atoms with Crippen molar-refractivity contribution in [3.8, 4) is 0 Å². The lowest BCUT2D eigenvalue weighted by molar-refractivity contribution is -0.137. The summed E-state index contributed by atoms with van der Waals surface area (Å²) in [6, 6.07) is 6.51. The molecule has 136 valence electrons. The van der Waals surface area contributed by atoms with E-state index in [-0.39, 0.29) is 0 Å². The maximum absolute atomic E-state index is 10.4. The third-order valence-electron chi connectivity index (χ3n) is 4.74. The largest absolute Gasteiger partial charge is 0.481 e. The van der Waals surface area contributed by atoms with Gasteiger partial charge >= 0.3 is 5.97 Å². The van der Waals surface area contributed by atoms with Gasteiger partial charge in [-0.15, -0.1) is 0 Å². The van der Waals surface area contributed by atoms with Gasteiger partial charge in [0.05, 0.1) is 0 Å². The first kappa shape index (κ1) is 19.3. The first-order valence-electron chi connectivity index (χ1n) is 9.71. The van der Waals surface area contributed by atoms with E-state index in [9.17, 15) is 4.79 Å². The minimum Gasteiger partial charge on any atom is -0.481 e. The quantitative estimate of drug-likeness (QED) is 0.447. The molecule has 1 aromatic carbocycles. The zero-order chi connectivity index (χ0) is 17.7. The summed E-state index contributed by atoms with van der Waals surface area (Å²) in [7, 11) is 0. The van der Waals surface area contributed by atoms with Gasteiger partial charge in [-0.25, -0.2) is 0 Å². The number of rotatable bonds is 12. The Balaban J connectivity index is 1.53. The molecule has 0 saturated carbocycles. The van der Waals surface area contributed by atoms with Crippen LogP contribution < -0.4 is 5.32 Å². The summed E-state index contributed by atoms with van der Waals surface area (Å²) >= 11 is 0. The standard InChI is InChI=1S/C22H31NO2/c24-22(25)17-9-7-5-3-1-2-4-6-8-13-19-14-12-16-21-20(19)15-10-11-18-23-21/h10-12,14-16,18,23H,1-9,13,17H2,(H,24,25). The van der Waals surface area contributed by atoms with Crippen LogP contribution >= 0.6 is 0 Å². The maximum Gasteiger partial charge on any atom is 0.303 e. The molecule has 3 nitrogen and oxygen atoms in total. The number of unbranched alkanes of at least 4 members (excludes halogenated alkanes) is 8. The van der Waals surface area contributed by atoms with Gasteiger partial charge in [0.1, 0.15) is 0 Å². The van der Waals surface area contributed by atoms with Crippen molar-refractivity contribution in [2.45, 2.75) is 70.6 Å². The van der Waals surface area contributed by atoms with Crippen LogP contribution in [-0.2, 0) is 11.2 Å². The highest BCUT2D eigenvalue weighted by Crippen LogP contribution is 2.25. The Labute approximate surface area is 151 Å². The second kappa shape index (κ2) is 11.5.